The quantitative estimate of drug-likeness (QED) is 0.171. The largest absolute Gasteiger partial charge is 0.301 e. The smallest absolute Gasteiger partial charge is 0.267 e. The van der Waals surface area contributed by atoms with Gasteiger partial charge < -0.3 is 4.90 Å². The minimum Gasteiger partial charge on any atom is -0.301 e. The van der Waals surface area contributed by atoms with Crippen LogP contribution in [0.1, 0.15) is 10.4 Å². The molecule has 0 N–H and O–H groups in total. The molecular formula is C30H25ClN4O2S2. The molecule has 0 aliphatic carbocycles. The van der Waals surface area contributed by atoms with Gasteiger partial charge in [0.1, 0.15) is 4.83 Å². The van der Waals surface area contributed by atoms with Crippen molar-refractivity contribution in [2.24, 2.45) is 0 Å². The SMILES string of the molecule is CN1CCc2c(sc3nc(SCC(=O)N(c4ccccc4)c4ccccc4)n(-c4ccc(Cl)cc4)c(=O)c23)C1. The fourth-order valence-electron chi connectivity index (χ4n) is 4.85. The molecule has 1 aliphatic rings. The Morgan fingerprint density at radius 3 is 2.28 bits per heavy atom. The van der Waals surface area contributed by atoms with Gasteiger partial charge in [0.15, 0.2) is 5.16 Å². The van der Waals surface area contributed by atoms with Gasteiger partial charge in [-0.2, -0.15) is 0 Å². The first-order valence-electron chi connectivity index (χ1n) is 12.6. The number of thioether (sulfide) groups is 1. The van der Waals surface area contributed by atoms with Crippen LogP contribution in [0.5, 0.6) is 0 Å². The van der Waals surface area contributed by atoms with Crippen molar-refractivity contribution in [1.29, 1.82) is 0 Å². The Morgan fingerprint density at radius 1 is 1.00 bits per heavy atom. The van der Waals surface area contributed by atoms with Crippen LogP contribution < -0.4 is 10.5 Å². The summed E-state index contributed by atoms with van der Waals surface area (Å²) in [4.78, 5) is 38.6. The van der Waals surface area contributed by atoms with Gasteiger partial charge in [0.25, 0.3) is 5.56 Å². The highest BCUT2D eigenvalue weighted by Gasteiger charge is 2.25. The highest BCUT2D eigenvalue weighted by atomic mass is 35.5. The minimum atomic E-state index is -0.110. The third-order valence-electron chi connectivity index (χ3n) is 6.72. The Labute approximate surface area is 239 Å². The summed E-state index contributed by atoms with van der Waals surface area (Å²) in [5.41, 5.74) is 3.22. The highest BCUT2D eigenvalue weighted by Crippen LogP contribution is 2.34. The van der Waals surface area contributed by atoms with Crippen LogP contribution in [-0.4, -0.2) is 39.7 Å². The van der Waals surface area contributed by atoms with Crippen LogP contribution >= 0.6 is 34.7 Å². The first-order chi connectivity index (χ1) is 19.0. The van der Waals surface area contributed by atoms with E-state index in [4.69, 9.17) is 16.6 Å². The van der Waals surface area contributed by atoms with E-state index in [1.165, 1.54) is 16.6 Å². The van der Waals surface area contributed by atoms with Crippen LogP contribution in [0.2, 0.25) is 5.02 Å². The number of carbonyl (C=O) groups is 1. The molecule has 196 valence electrons. The number of nitrogens with zero attached hydrogens (tertiary/aromatic N) is 4. The predicted molar refractivity (Wildman–Crippen MR) is 161 cm³/mol. The number of rotatable bonds is 6. The van der Waals surface area contributed by atoms with Gasteiger partial charge in [-0.3, -0.25) is 19.1 Å². The molecule has 9 heteroatoms. The van der Waals surface area contributed by atoms with Crippen molar-refractivity contribution in [3.05, 3.63) is 111 Å². The molecule has 0 saturated heterocycles. The molecule has 3 heterocycles. The molecule has 5 aromatic rings. The van der Waals surface area contributed by atoms with Crippen molar-refractivity contribution in [1.82, 2.24) is 14.5 Å². The number of hydrogen-bond acceptors (Lipinski definition) is 6. The number of halogens is 1. The first kappa shape index (κ1) is 25.8. The maximum absolute atomic E-state index is 14.0. The molecule has 39 heavy (non-hydrogen) atoms. The van der Waals surface area contributed by atoms with Crippen LogP contribution in [0.15, 0.2) is 94.9 Å². The van der Waals surface area contributed by atoms with E-state index in [-0.39, 0.29) is 17.2 Å². The van der Waals surface area contributed by atoms with Crippen LogP contribution in [-0.2, 0) is 17.8 Å². The number of fused-ring (bicyclic) bond motifs is 3. The van der Waals surface area contributed by atoms with Gasteiger partial charge in [0.05, 0.1) is 16.8 Å². The van der Waals surface area contributed by atoms with E-state index in [1.54, 1.807) is 32.9 Å². The van der Waals surface area contributed by atoms with E-state index in [1.807, 2.05) is 72.8 Å². The fraction of sp³-hybridized carbons (Fsp3) is 0.167. The molecule has 0 spiro atoms. The lowest BCUT2D eigenvalue weighted by atomic mass is 10.1. The summed E-state index contributed by atoms with van der Waals surface area (Å²) in [5, 5.41) is 1.75. The van der Waals surface area contributed by atoms with Crippen LogP contribution in [0.3, 0.4) is 0 Å². The summed E-state index contributed by atoms with van der Waals surface area (Å²) in [6.45, 7) is 1.71. The second kappa shape index (κ2) is 11.0. The minimum absolute atomic E-state index is 0.100. The van der Waals surface area contributed by atoms with E-state index in [0.717, 1.165) is 41.3 Å². The highest BCUT2D eigenvalue weighted by molar-refractivity contribution is 7.99. The van der Waals surface area contributed by atoms with Crippen molar-refractivity contribution in [3.8, 4) is 5.69 Å². The van der Waals surface area contributed by atoms with Crippen molar-refractivity contribution in [2.45, 2.75) is 18.1 Å². The van der Waals surface area contributed by atoms with Crippen molar-refractivity contribution in [2.75, 3.05) is 24.2 Å². The molecule has 2 aromatic heterocycles. The van der Waals surface area contributed by atoms with Crippen molar-refractivity contribution in [3.63, 3.8) is 0 Å². The molecule has 0 bridgehead atoms. The maximum Gasteiger partial charge on any atom is 0.267 e. The molecular weight excluding hydrogens is 548 g/mol. The van der Waals surface area contributed by atoms with Crippen LogP contribution in [0, 0.1) is 0 Å². The molecule has 0 saturated carbocycles. The Balaban J connectivity index is 1.41. The lowest BCUT2D eigenvalue weighted by Gasteiger charge is -2.23. The van der Waals surface area contributed by atoms with E-state index >= 15 is 0 Å². The molecule has 0 unspecified atom stereocenters. The molecule has 0 radical (unpaired) electrons. The summed E-state index contributed by atoms with van der Waals surface area (Å²) < 4.78 is 1.62. The molecule has 6 rings (SSSR count). The monoisotopic (exact) mass is 572 g/mol. The second-order valence-corrected chi connectivity index (χ2v) is 11.8. The molecule has 1 amide bonds. The van der Waals surface area contributed by atoms with Crippen molar-refractivity contribution < 1.29 is 4.79 Å². The summed E-state index contributed by atoms with van der Waals surface area (Å²) >= 11 is 9.01. The summed E-state index contributed by atoms with van der Waals surface area (Å²) in [6, 6.07) is 26.3. The number of para-hydroxylation sites is 2. The molecule has 3 aromatic carbocycles. The normalized spacial score (nSPS) is 13.4. The Kier molecular flexibility index (Phi) is 7.27. The number of anilines is 2. The zero-order valence-electron chi connectivity index (χ0n) is 21.2. The number of thiophene rings is 1. The molecule has 1 aliphatic heterocycles. The molecule has 0 atom stereocenters. The maximum atomic E-state index is 14.0. The average molecular weight is 573 g/mol. The number of aromatic nitrogens is 2. The third-order valence-corrected chi connectivity index (χ3v) is 9.01. The van der Waals surface area contributed by atoms with Crippen LogP contribution in [0.4, 0.5) is 11.4 Å². The third kappa shape index (κ3) is 5.13. The molecule has 0 fully saturated rings. The van der Waals surface area contributed by atoms with E-state index < -0.39 is 0 Å². The number of benzene rings is 3. The van der Waals surface area contributed by atoms with Gasteiger partial charge in [-0.1, -0.05) is 59.8 Å². The van der Waals surface area contributed by atoms with Gasteiger partial charge in [0.2, 0.25) is 5.91 Å². The Morgan fingerprint density at radius 2 is 1.64 bits per heavy atom. The zero-order valence-corrected chi connectivity index (χ0v) is 23.6. The van der Waals surface area contributed by atoms with E-state index in [2.05, 4.69) is 11.9 Å². The Hall–Kier alpha value is -3.43. The summed E-state index contributed by atoms with van der Waals surface area (Å²) in [7, 11) is 2.09. The average Bonchev–Trinajstić information content (AvgIpc) is 3.31. The lowest BCUT2D eigenvalue weighted by molar-refractivity contribution is -0.115. The number of likely N-dealkylation sites (N-methyl/N-ethyl adjacent to an activating group) is 1. The van der Waals surface area contributed by atoms with Gasteiger partial charge in [-0.05, 0) is 67.6 Å². The van der Waals surface area contributed by atoms with Gasteiger partial charge >= 0.3 is 0 Å². The van der Waals surface area contributed by atoms with Gasteiger partial charge in [0, 0.05) is 34.4 Å². The summed E-state index contributed by atoms with van der Waals surface area (Å²) in [5.74, 6) is -0.00937. The standard InChI is InChI=1S/C30H25ClN4O2S2/c1-33-17-16-24-25(18-33)39-28-27(24)29(37)35(23-14-12-20(31)13-15-23)30(32-28)38-19-26(36)34(21-8-4-2-5-9-21)22-10-6-3-7-11-22/h2-15H,16-19H2,1H3. The fourth-order valence-corrected chi connectivity index (χ4v) is 7.18. The number of hydrogen-bond donors (Lipinski definition) is 0. The van der Waals surface area contributed by atoms with Crippen molar-refractivity contribution >= 4 is 62.2 Å². The van der Waals surface area contributed by atoms with E-state index in [9.17, 15) is 9.59 Å². The number of amides is 1. The van der Waals surface area contributed by atoms with Crippen LogP contribution in [0.25, 0.3) is 15.9 Å². The topological polar surface area (TPSA) is 58.4 Å². The Bertz CT molecular complexity index is 1660. The summed E-state index contributed by atoms with van der Waals surface area (Å²) in [6.07, 6.45) is 0.817. The number of carbonyl (C=O) groups excluding carboxylic acids is 1. The van der Waals surface area contributed by atoms with Gasteiger partial charge in [-0.25, -0.2) is 4.98 Å². The first-order valence-corrected chi connectivity index (χ1v) is 14.8. The van der Waals surface area contributed by atoms with E-state index in [0.29, 0.717) is 21.3 Å². The predicted octanol–water partition coefficient (Wildman–Crippen LogP) is 6.55. The zero-order chi connectivity index (χ0) is 26.9. The second-order valence-electron chi connectivity index (χ2n) is 9.37. The molecule has 6 nitrogen and oxygen atoms in total. The van der Waals surface area contributed by atoms with Gasteiger partial charge in [-0.15, -0.1) is 11.3 Å². The lowest BCUT2D eigenvalue weighted by Crippen LogP contribution is -2.29.